The summed E-state index contributed by atoms with van der Waals surface area (Å²) in [4.78, 5) is 32.5. The summed E-state index contributed by atoms with van der Waals surface area (Å²) in [6, 6.07) is 1.57. The third-order valence-electron chi connectivity index (χ3n) is 4.69. The second-order valence-corrected chi connectivity index (χ2v) is 6.13. The number of carbonyl (C=O) groups excluding carboxylic acids is 2. The van der Waals surface area contributed by atoms with E-state index in [1.54, 1.807) is 46.0 Å². The fraction of sp³-hybridized carbons (Fsp3) is 0.467. The molecule has 3 amide bonds. The summed E-state index contributed by atoms with van der Waals surface area (Å²) >= 11 is 0. The van der Waals surface area contributed by atoms with Gasteiger partial charge in [0.25, 0.3) is 0 Å². The van der Waals surface area contributed by atoms with Crippen LogP contribution in [0.5, 0.6) is 0 Å². The number of urea groups is 1. The molecule has 8 heteroatoms. The van der Waals surface area contributed by atoms with Gasteiger partial charge in [-0.3, -0.25) is 4.79 Å². The van der Waals surface area contributed by atoms with Crippen LogP contribution < -0.4 is 5.32 Å². The Hall–Kier alpha value is -2.64. The molecule has 120 valence electrons. The average Bonchev–Trinajstić information content (AvgIpc) is 3.12. The maximum atomic E-state index is 12.6. The lowest BCUT2D eigenvalue weighted by Crippen LogP contribution is -2.50. The van der Waals surface area contributed by atoms with Crippen molar-refractivity contribution in [3.63, 3.8) is 0 Å². The predicted octanol–water partition coefficient (Wildman–Crippen LogP) is 0.814. The maximum Gasteiger partial charge on any atom is 0.322 e. The first-order chi connectivity index (χ1) is 11.1. The molecule has 2 atom stereocenters. The number of likely N-dealkylation sites (tertiary alicyclic amines) is 2. The molecule has 2 aromatic heterocycles. The summed E-state index contributed by atoms with van der Waals surface area (Å²) in [5.74, 6) is 0.0818. The zero-order valence-electron chi connectivity index (χ0n) is 12.8. The van der Waals surface area contributed by atoms with E-state index in [0.29, 0.717) is 18.8 Å². The number of aromatic nitrogens is 3. The van der Waals surface area contributed by atoms with E-state index < -0.39 is 0 Å². The summed E-state index contributed by atoms with van der Waals surface area (Å²) < 4.78 is 1.61. The van der Waals surface area contributed by atoms with Crippen molar-refractivity contribution in [3.05, 3.63) is 24.7 Å². The van der Waals surface area contributed by atoms with Crippen molar-refractivity contribution in [1.82, 2.24) is 24.4 Å². The summed E-state index contributed by atoms with van der Waals surface area (Å²) in [7, 11) is 1.80. The van der Waals surface area contributed by atoms with Crippen LogP contribution in [0, 0.1) is 5.92 Å². The summed E-state index contributed by atoms with van der Waals surface area (Å²) in [6.45, 7) is 1.28. The van der Waals surface area contributed by atoms with E-state index in [1.807, 2.05) is 0 Å². The van der Waals surface area contributed by atoms with Crippen molar-refractivity contribution in [2.75, 3.05) is 25.5 Å². The minimum Gasteiger partial charge on any atom is -0.343 e. The van der Waals surface area contributed by atoms with Gasteiger partial charge in [-0.25, -0.2) is 14.3 Å². The summed E-state index contributed by atoms with van der Waals surface area (Å²) in [5.41, 5.74) is 1.31. The Morgan fingerprint density at radius 2 is 2.30 bits per heavy atom. The number of nitrogens with one attached hydrogen (secondary N) is 1. The van der Waals surface area contributed by atoms with Gasteiger partial charge in [0.15, 0.2) is 5.65 Å². The van der Waals surface area contributed by atoms with Gasteiger partial charge in [-0.2, -0.15) is 5.10 Å². The minimum absolute atomic E-state index is 0.0392. The predicted molar refractivity (Wildman–Crippen MR) is 82.9 cm³/mol. The molecule has 2 aliphatic heterocycles. The average molecular weight is 314 g/mol. The number of amides is 3. The molecule has 0 aliphatic carbocycles. The lowest BCUT2D eigenvalue weighted by Gasteiger charge is -2.35. The normalized spacial score (nSPS) is 24.1. The first kappa shape index (κ1) is 14.0. The van der Waals surface area contributed by atoms with Crippen LogP contribution in [0.4, 0.5) is 10.5 Å². The number of carbonyl (C=O) groups is 2. The van der Waals surface area contributed by atoms with Crippen LogP contribution in [0.1, 0.15) is 12.8 Å². The van der Waals surface area contributed by atoms with Gasteiger partial charge in [0.2, 0.25) is 5.91 Å². The molecule has 0 aromatic carbocycles. The molecule has 2 fully saturated rings. The number of anilines is 1. The Balaban J connectivity index is 1.53. The van der Waals surface area contributed by atoms with Crippen molar-refractivity contribution in [3.8, 4) is 0 Å². The summed E-state index contributed by atoms with van der Waals surface area (Å²) in [6.07, 6.45) is 6.71. The highest BCUT2D eigenvalue weighted by molar-refractivity contribution is 5.91. The van der Waals surface area contributed by atoms with Gasteiger partial charge < -0.3 is 15.1 Å². The zero-order valence-corrected chi connectivity index (χ0v) is 12.8. The third-order valence-corrected chi connectivity index (χ3v) is 4.69. The quantitative estimate of drug-likeness (QED) is 0.844. The molecule has 4 heterocycles. The molecule has 2 aromatic rings. The van der Waals surface area contributed by atoms with Gasteiger partial charge in [-0.05, 0) is 12.8 Å². The SMILES string of the molecule is CN1C[C@@H]2[C@@H](CCCN2C(=O)Nc2cnc3ccnn3c2)C1=O. The number of hydrogen-bond acceptors (Lipinski definition) is 4. The van der Waals surface area contributed by atoms with Gasteiger partial charge in [0.05, 0.1) is 36.2 Å². The molecular formula is C15H18N6O2. The van der Waals surface area contributed by atoms with E-state index >= 15 is 0 Å². The molecule has 0 bridgehead atoms. The minimum atomic E-state index is -0.184. The molecule has 8 nitrogen and oxygen atoms in total. The van der Waals surface area contributed by atoms with E-state index in [2.05, 4.69) is 15.4 Å². The smallest absolute Gasteiger partial charge is 0.322 e. The van der Waals surface area contributed by atoms with Crippen LogP contribution in [0.25, 0.3) is 5.65 Å². The van der Waals surface area contributed by atoms with Crippen LogP contribution in [0.2, 0.25) is 0 Å². The van der Waals surface area contributed by atoms with Crippen molar-refractivity contribution < 1.29 is 9.59 Å². The number of hydrogen-bond donors (Lipinski definition) is 1. The molecule has 23 heavy (non-hydrogen) atoms. The second-order valence-electron chi connectivity index (χ2n) is 6.13. The molecule has 2 aliphatic rings. The molecule has 0 spiro atoms. The molecular weight excluding hydrogens is 296 g/mol. The van der Waals surface area contributed by atoms with Crippen molar-refractivity contribution in [2.24, 2.45) is 5.92 Å². The van der Waals surface area contributed by atoms with E-state index in [4.69, 9.17) is 0 Å². The molecule has 0 radical (unpaired) electrons. The highest BCUT2D eigenvalue weighted by Crippen LogP contribution is 2.31. The summed E-state index contributed by atoms with van der Waals surface area (Å²) in [5, 5.41) is 6.98. The topological polar surface area (TPSA) is 82.8 Å². The van der Waals surface area contributed by atoms with Crippen molar-refractivity contribution in [1.29, 1.82) is 0 Å². The molecule has 2 saturated heterocycles. The second kappa shape index (κ2) is 5.22. The standard InChI is InChI=1S/C15H18N6O2/c1-19-9-12-11(14(19)22)3-2-6-20(12)15(23)18-10-7-16-13-4-5-17-21(13)8-10/h4-5,7-8,11-12H,2-3,6,9H2,1H3,(H,18,23)/t11-,12-/m1/s1. The Labute approximate surface area is 133 Å². The lowest BCUT2D eigenvalue weighted by molar-refractivity contribution is -0.130. The van der Waals surface area contributed by atoms with E-state index in [0.717, 1.165) is 18.5 Å². The number of likely N-dealkylation sites (N-methyl/N-ethyl adjacent to an activating group) is 1. The third kappa shape index (κ3) is 2.30. The van der Waals surface area contributed by atoms with E-state index in [-0.39, 0.29) is 23.9 Å². The Morgan fingerprint density at radius 3 is 3.17 bits per heavy atom. The number of piperidine rings is 1. The van der Waals surface area contributed by atoms with Gasteiger partial charge in [0, 0.05) is 26.2 Å². The highest BCUT2D eigenvalue weighted by atomic mass is 16.2. The lowest BCUT2D eigenvalue weighted by atomic mass is 9.92. The van der Waals surface area contributed by atoms with Gasteiger partial charge in [-0.1, -0.05) is 0 Å². The first-order valence-corrected chi connectivity index (χ1v) is 7.75. The van der Waals surface area contributed by atoms with Crippen molar-refractivity contribution in [2.45, 2.75) is 18.9 Å². The fourth-order valence-corrected chi connectivity index (χ4v) is 3.55. The van der Waals surface area contributed by atoms with Crippen LogP contribution in [-0.2, 0) is 4.79 Å². The number of rotatable bonds is 1. The molecule has 0 saturated carbocycles. The first-order valence-electron chi connectivity index (χ1n) is 7.75. The molecule has 1 N–H and O–H groups in total. The zero-order chi connectivity index (χ0) is 16.0. The Kier molecular flexibility index (Phi) is 3.17. The van der Waals surface area contributed by atoms with Crippen LogP contribution in [0.3, 0.4) is 0 Å². The van der Waals surface area contributed by atoms with Gasteiger partial charge in [-0.15, -0.1) is 0 Å². The number of nitrogens with zero attached hydrogens (tertiary/aromatic N) is 5. The Morgan fingerprint density at radius 1 is 1.43 bits per heavy atom. The number of fused-ring (bicyclic) bond motifs is 2. The highest BCUT2D eigenvalue weighted by Gasteiger charge is 2.45. The largest absolute Gasteiger partial charge is 0.343 e. The Bertz CT molecular complexity index is 772. The van der Waals surface area contributed by atoms with E-state index in [9.17, 15) is 9.59 Å². The van der Waals surface area contributed by atoms with Crippen molar-refractivity contribution >= 4 is 23.3 Å². The van der Waals surface area contributed by atoms with Crippen LogP contribution in [-0.4, -0.2) is 62.5 Å². The molecule has 4 rings (SSSR count). The maximum absolute atomic E-state index is 12.6. The molecule has 0 unspecified atom stereocenters. The van der Waals surface area contributed by atoms with Gasteiger partial charge in [0.1, 0.15) is 0 Å². The van der Waals surface area contributed by atoms with Gasteiger partial charge >= 0.3 is 6.03 Å². The fourth-order valence-electron chi connectivity index (χ4n) is 3.55. The monoisotopic (exact) mass is 314 g/mol. The van der Waals surface area contributed by atoms with E-state index in [1.165, 1.54) is 0 Å². The van der Waals surface area contributed by atoms with Crippen LogP contribution in [0.15, 0.2) is 24.7 Å². The van der Waals surface area contributed by atoms with Crippen LogP contribution >= 0.6 is 0 Å².